The van der Waals surface area contributed by atoms with E-state index in [1.54, 1.807) is 31.4 Å². The van der Waals surface area contributed by atoms with Crippen LogP contribution in [0.5, 0.6) is 5.75 Å². The highest BCUT2D eigenvalue weighted by Crippen LogP contribution is 2.26. The number of benzene rings is 1. The first kappa shape index (κ1) is 19.1. The molecule has 26 heavy (non-hydrogen) atoms. The highest BCUT2D eigenvalue weighted by atomic mass is 32.2. The summed E-state index contributed by atoms with van der Waals surface area (Å²) in [6.45, 7) is 5.17. The molecular weight excluding hydrogens is 354 g/mol. The van der Waals surface area contributed by atoms with Crippen LogP contribution in [0.15, 0.2) is 29.2 Å². The normalized spacial score (nSPS) is 23.0. The van der Waals surface area contributed by atoms with Crippen molar-refractivity contribution < 1.29 is 17.9 Å². The Morgan fingerprint density at radius 1 is 1.15 bits per heavy atom. The first-order valence-corrected chi connectivity index (χ1v) is 10.5. The average molecular weight is 381 g/mol. The predicted molar refractivity (Wildman–Crippen MR) is 98.5 cm³/mol. The number of sulfonamides is 1. The van der Waals surface area contributed by atoms with Gasteiger partial charge in [0.2, 0.25) is 15.9 Å². The molecule has 7 nitrogen and oxygen atoms in total. The molecule has 2 aliphatic rings. The summed E-state index contributed by atoms with van der Waals surface area (Å²) in [5.74, 6) is 0.705. The quantitative estimate of drug-likeness (QED) is 0.839. The van der Waals surface area contributed by atoms with Crippen molar-refractivity contribution in [3.8, 4) is 5.75 Å². The zero-order valence-electron chi connectivity index (χ0n) is 15.3. The number of carbonyl (C=O) groups excluding carboxylic acids is 1. The molecule has 144 valence electrons. The number of ether oxygens (including phenoxy) is 1. The fraction of sp³-hybridized carbons (Fsp3) is 0.611. The second kappa shape index (κ2) is 7.94. The molecule has 0 bridgehead atoms. The van der Waals surface area contributed by atoms with Crippen LogP contribution in [0.2, 0.25) is 0 Å². The number of carbonyl (C=O) groups is 1. The second-order valence-electron chi connectivity index (χ2n) is 6.94. The number of methoxy groups -OCH3 is 1. The van der Waals surface area contributed by atoms with Crippen molar-refractivity contribution in [1.29, 1.82) is 0 Å². The van der Waals surface area contributed by atoms with Gasteiger partial charge in [-0.05, 0) is 44.0 Å². The molecule has 1 atom stereocenters. The third kappa shape index (κ3) is 3.87. The average Bonchev–Trinajstić information content (AvgIpc) is 2.68. The zero-order valence-corrected chi connectivity index (χ0v) is 16.2. The molecule has 1 aromatic rings. The molecule has 0 saturated carbocycles. The van der Waals surface area contributed by atoms with E-state index in [1.807, 2.05) is 11.8 Å². The van der Waals surface area contributed by atoms with E-state index in [0.717, 1.165) is 19.6 Å². The van der Waals surface area contributed by atoms with Crippen LogP contribution in [-0.2, 0) is 14.8 Å². The van der Waals surface area contributed by atoms with Gasteiger partial charge >= 0.3 is 0 Å². The molecule has 3 rings (SSSR count). The summed E-state index contributed by atoms with van der Waals surface area (Å²) in [6.07, 6.45) is 1.15. The minimum Gasteiger partial charge on any atom is -0.497 e. The summed E-state index contributed by atoms with van der Waals surface area (Å²) >= 11 is 0. The lowest BCUT2D eigenvalue weighted by Crippen LogP contribution is -2.55. The molecule has 2 aliphatic heterocycles. The minimum absolute atomic E-state index is 0.0853. The van der Waals surface area contributed by atoms with Gasteiger partial charge in [0.05, 0.1) is 12.0 Å². The van der Waals surface area contributed by atoms with Crippen molar-refractivity contribution in [3.05, 3.63) is 24.3 Å². The Bertz CT molecular complexity index is 727. The van der Waals surface area contributed by atoms with Crippen molar-refractivity contribution in [3.63, 3.8) is 0 Å². The van der Waals surface area contributed by atoms with Crippen LogP contribution in [0.4, 0.5) is 0 Å². The smallest absolute Gasteiger partial charge is 0.243 e. The minimum atomic E-state index is -3.53. The summed E-state index contributed by atoms with van der Waals surface area (Å²) in [5, 5.41) is 3.29. The van der Waals surface area contributed by atoms with Crippen molar-refractivity contribution in [2.24, 2.45) is 5.92 Å². The first-order valence-electron chi connectivity index (χ1n) is 9.09. The van der Waals surface area contributed by atoms with Gasteiger partial charge in [0.25, 0.3) is 0 Å². The van der Waals surface area contributed by atoms with Gasteiger partial charge in [0.15, 0.2) is 0 Å². The number of piperidine rings is 1. The molecule has 0 spiro atoms. The van der Waals surface area contributed by atoms with E-state index in [4.69, 9.17) is 4.74 Å². The van der Waals surface area contributed by atoms with E-state index in [0.29, 0.717) is 31.7 Å². The van der Waals surface area contributed by atoms with Gasteiger partial charge in [0, 0.05) is 44.7 Å². The maximum Gasteiger partial charge on any atom is 0.243 e. The van der Waals surface area contributed by atoms with Gasteiger partial charge < -0.3 is 15.0 Å². The lowest BCUT2D eigenvalue weighted by atomic mass is 9.95. The molecule has 8 heteroatoms. The van der Waals surface area contributed by atoms with E-state index in [1.165, 1.54) is 4.31 Å². The lowest BCUT2D eigenvalue weighted by molar-refractivity contribution is -0.139. The summed E-state index contributed by atoms with van der Waals surface area (Å²) < 4.78 is 32.2. The topological polar surface area (TPSA) is 79.0 Å². The molecule has 0 radical (unpaired) electrons. The third-order valence-electron chi connectivity index (χ3n) is 5.28. The van der Waals surface area contributed by atoms with E-state index < -0.39 is 10.0 Å². The van der Waals surface area contributed by atoms with Crippen LogP contribution in [0.3, 0.4) is 0 Å². The second-order valence-corrected chi connectivity index (χ2v) is 8.88. The molecular formula is C18H27N3O4S. The van der Waals surface area contributed by atoms with Crippen molar-refractivity contribution >= 4 is 15.9 Å². The summed E-state index contributed by atoms with van der Waals surface area (Å²) in [4.78, 5) is 15.0. The number of hydrogen-bond acceptors (Lipinski definition) is 5. The Morgan fingerprint density at radius 3 is 2.38 bits per heavy atom. The number of rotatable bonds is 4. The summed E-state index contributed by atoms with van der Waals surface area (Å²) in [5.41, 5.74) is 0. The van der Waals surface area contributed by atoms with E-state index in [-0.39, 0.29) is 22.8 Å². The molecule has 0 aromatic heterocycles. The number of amides is 1. The highest BCUT2D eigenvalue weighted by Gasteiger charge is 2.35. The van der Waals surface area contributed by atoms with E-state index >= 15 is 0 Å². The maximum atomic E-state index is 12.8. The van der Waals surface area contributed by atoms with Crippen molar-refractivity contribution in [2.75, 3.05) is 39.8 Å². The summed E-state index contributed by atoms with van der Waals surface area (Å²) in [6, 6.07) is 6.61. The van der Waals surface area contributed by atoms with Crippen LogP contribution >= 0.6 is 0 Å². The molecule has 2 fully saturated rings. The molecule has 1 aromatic carbocycles. The molecule has 0 unspecified atom stereocenters. The fourth-order valence-corrected chi connectivity index (χ4v) is 5.11. The lowest BCUT2D eigenvalue weighted by Gasteiger charge is -2.38. The Labute approximate surface area is 155 Å². The van der Waals surface area contributed by atoms with Crippen LogP contribution in [0.1, 0.15) is 19.8 Å². The van der Waals surface area contributed by atoms with Crippen LogP contribution < -0.4 is 10.1 Å². The Kier molecular flexibility index (Phi) is 5.84. The van der Waals surface area contributed by atoms with Crippen LogP contribution in [0.25, 0.3) is 0 Å². The summed E-state index contributed by atoms with van der Waals surface area (Å²) in [7, 11) is -1.98. The van der Waals surface area contributed by atoms with Crippen molar-refractivity contribution in [2.45, 2.75) is 30.7 Å². The van der Waals surface area contributed by atoms with E-state index in [9.17, 15) is 13.2 Å². The van der Waals surface area contributed by atoms with E-state index in [2.05, 4.69) is 5.32 Å². The number of nitrogens with zero attached hydrogens (tertiary/aromatic N) is 2. The van der Waals surface area contributed by atoms with Gasteiger partial charge in [-0.15, -0.1) is 0 Å². The third-order valence-corrected chi connectivity index (χ3v) is 7.20. The SMILES string of the molecule is COc1ccc(S(=O)(=O)N2CCC(C(=O)N3CCNC[C@@H]3C)CC2)cc1. The molecule has 1 N–H and O–H groups in total. The van der Waals surface area contributed by atoms with Gasteiger partial charge in [-0.25, -0.2) is 8.42 Å². The highest BCUT2D eigenvalue weighted by molar-refractivity contribution is 7.89. The maximum absolute atomic E-state index is 12.8. The van der Waals surface area contributed by atoms with Gasteiger partial charge in [-0.2, -0.15) is 4.31 Å². The van der Waals surface area contributed by atoms with Gasteiger partial charge in [0.1, 0.15) is 5.75 Å². The number of nitrogens with one attached hydrogen (secondary N) is 1. The first-order chi connectivity index (χ1) is 12.4. The Balaban J connectivity index is 1.62. The molecule has 2 saturated heterocycles. The fourth-order valence-electron chi connectivity index (χ4n) is 3.64. The molecule has 0 aliphatic carbocycles. The number of hydrogen-bond donors (Lipinski definition) is 1. The monoisotopic (exact) mass is 381 g/mol. The van der Waals surface area contributed by atoms with Gasteiger partial charge in [-0.1, -0.05) is 0 Å². The van der Waals surface area contributed by atoms with Crippen LogP contribution in [0, 0.1) is 5.92 Å². The van der Waals surface area contributed by atoms with Crippen molar-refractivity contribution in [1.82, 2.24) is 14.5 Å². The number of piperazine rings is 1. The Hall–Kier alpha value is -1.64. The molecule has 1 amide bonds. The van der Waals surface area contributed by atoms with Crippen LogP contribution in [-0.4, -0.2) is 69.4 Å². The largest absolute Gasteiger partial charge is 0.497 e. The molecule has 2 heterocycles. The standard InChI is InChI=1S/C18H27N3O4S/c1-14-13-19-9-12-21(14)18(22)15-7-10-20(11-8-15)26(23,24)17-5-3-16(25-2)4-6-17/h3-6,14-15,19H,7-13H2,1-2H3/t14-/m0/s1. The zero-order chi connectivity index (χ0) is 18.7. The Morgan fingerprint density at radius 2 is 1.81 bits per heavy atom. The predicted octanol–water partition coefficient (Wildman–Crippen LogP) is 0.916. The van der Waals surface area contributed by atoms with Gasteiger partial charge in [-0.3, -0.25) is 4.79 Å².